The normalized spacial score (nSPS) is 12.3. The summed E-state index contributed by atoms with van der Waals surface area (Å²) in [6, 6.07) is 11.6. The Morgan fingerprint density at radius 3 is 2.88 bits per heavy atom. The van der Waals surface area contributed by atoms with Gasteiger partial charge < -0.3 is 15.0 Å². The molecule has 0 radical (unpaired) electrons. The predicted molar refractivity (Wildman–Crippen MR) is 91.6 cm³/mol. The minimum absolute atomic E-state index is 0.0349. The third-order valence-corrected chi connectivity index (χ3v) is 4.25. The van der Waals surface area contributed by atoms with Crippen LogP contribution >= 0.6 is 11.6 Å². The van der Waals surface area contributed by atoms with Gasteiger partial charge in [-0.1, -0.05) is 23.7 Å². The number of fused-ring (bicyclic) bond motifs is 1. The molecule has 6 heteroatoms. The van der Waals surface area contributed by atoms with Gasteiger partial charge in [-0.3, -0.25) is 4.79 Å². The Bertz CT molecular complexity index is 887. The Balaban J connectivity index is 1.72. The van der Waals surface area contributed by atoms with E-state index in [9.17, 15) is 14.3 Å². The molecule has 0 aliphatic rings. The number of benzene rings is 2. The maximum atomic E-state index is 13.7. The van der Waals surface area contributed by atoms with Crippen LogP contribution in [0.5, 0.6) is 0 Å². The molecule has 4 nitrogen and oxygen atoms in total. The zero-order valence-corrected chi connectivity index (χ0v) is 13.7. The minimum Gasteiger partial charge on any atom is -0.387 e. The molecule has 2 aromatic carbocycles. The van der Waals surface area contributed by atoms with E-state index in [-0.39, 0.29) is 17.1 Å². The van der Waals surface area contributed by atoms with Crippen molar-refractivity contribution in [1.29, 1.82) is 0 Å². The van der Waals surface area contributed by atoms with Gasteiger partial charge in [0.25, 0.3) is 5.91 Å². The molecule has 0 fully saturated rings. The van der Waals surface area contributed by atoms with Crippen molar-refractivity contribution in [3.8, 4) is 0 Å². The highest BCUT2D eigenvalue weighted by Gasteiger charge is 2.17. The van der Waals surface area contributed by atoms with Crippen molar-refractivity contribution >= 4 is 28.4 Å². The van der Waals surface area contributed by atoms with Crippen LogP contribution < -0.4 is 5.32 Å². The number of hydrogen-bond acceptors (Lipinski definition) is 2. The van der Waals surface area contributed by atoms with Crippen LogP contribution in [0, 0.1) is 5.82 Å². The van der Waals surface area contributed by atoms with Crippen molar-refractivity contribution in [2.75, 3.05) is 6.54 Å². The quantitative estimate of drug-likeness (QED) is 0.760. The Kier molecular flexibility index (Phi) is 4.55. The van der Waals surface area contributed by atoms with Gasteiger partial charge >= 0.3 is 0 Å². The number of nitrogens with one attached hydrogen (secondary N) is 1. The molecule has 24 heavy (non-hydrogen) atoms. The van der Waals surface area contributed by atoms with Crippen molar-refractivity contribution in [2.24, 2.45) is 7.05 Å². The molecule has 1 heterocycles. The number of amides is 1. The first-order valence-corrected chi connectivity index (χ1v) is 7.80. The zero-order chi connectivity index (χ0) is 17.3. The molecule has 124 valence electrons. The minimum atomic E-state index is -0.899. The number of aliphatic hydroxyl groups is 1. The van der Waals surface area contributed by atoms with E-state index in [1.807, 2.05) is 36.0 Å². The molecule has 1 atom stereocenters. The molecule has 0 bridgehead atoms. The van der Waals surface area contributed by atoms with Crippen LogP contribution in [0.15, 0.2) is 48.7 Å². The van der Waals surface area contributed by atoms with E-state index in [4.69, 9.17) is 11.6 Å². The van der Waals surface area contributed by atoms with Crippen LogP contribution in [-0.2, 0) is 7.05 Å². The van der Waals surface area contributed by atoms with Crippen molar-refractivity contribution in [3.05, 3.63) is 70.6 Å². The zero-order valence-electron chi connectivity index (χ0n) is 13.0. The smallest absolute Gasteiger partial charge is 0.255 e. The van der Waals surface area contributed by atoms with Gasteiger partial charge in [0.15, 0.2) is 0 Å². The Hall–Kier alpha value is -2.37. The number of rotatable bonds is 4. The third-order valence-electron chi connectivity index (χ3n) is 3.94. The predicted octanol–water partition coefficient (Wildman–Crippen LogP) is 3.43. The first-order chi connectivity index (χ1) is 11.5. The van der Waals surface area contributed by atoms with E-state index in [2.05, 4.69) is 5.32 Å². The Morgan fingerprint density at radius 2 is 2.12 bits per heavy atom. The molecule has 3 rings (SSSR count). The number of aromatic nitrogens is 1. The van der Waals surface area contributed by atoms with Crippen LogP contribution in [0.4, 0.5) is 4.39 Å². The summed E-state index contributed by atoms with van der Waals surface area (Å²) in [5, 5.41) is 13.8. The SMILES string of the molecule is Cn1ccc2cc([C@H](O)CNC(=O)c3c(F)cccc3Cl)ccc21. The fourth-order valence-corrected chi connectivity index (χ4v) is 2.87. The molecule has 1 aromatic heterocycles. The van der Waals surface area contributed by atoms with Gasteiger partial charge in [-0.2, -0.15) is 0 Å². The number of carbonyl (C=O) groups excluding carboxylic acids is 1. The summed E-state index contributed by atoms with van der Waals surface area (Å²) in [7, 11) is 1.94. The first-order valence-electron chi connectivity index (χ1n) is 7.42. The molecule has 0 aliphatic heterocycles. The molecule has 0 saturated heterocycles. The van der Waals surface area contributed by atoms with Crippen molar-refractivity contribution in [2.45, 2.75) is 6.10 Å². The van der Waals surface area contributed by atoms with Gasteiger partial charge in [0.2, 0.25) is 0 Å². The lowest BCUT2D eigenvalue weighted by Crippen LogP contribution is -2.29. The summed E-state index contributed by atoms with van der Waals surface area (Å²) in [6.45, 7) is -0.0398. The lowest BCUT2D eigenvalue weighted by Gasteiger charge is -2.13. The second-order valence-corrected chi connectivity index (χ2v) is 5.97. The highest BCUT2D eigenvalue weighted by atomic mass is 35.5. The third kappa shape index (κ3) is 3.13. The van der Waals surface area contributed by atoms with Crippen molar-refractivity contribution in [3.63, 3.8) is 0 Å². The number of carbonyl (C=O) groups is 1. The van der Waals surface area contributed by atoms with E-state index in [1.54, 1.807) is 6.07 Å². The molecule has 0 aliphatic carbocycles. The van der Waals surface area contributed by atoms with E-state index in [0.29, 0.717) is 5.56 Å². The van der Waals surface area contributed by atoms with Crippen LogP contribution in [0.3, 0.4) is 0 Å². The molecule has 0 unspecified atom stereocenters. The summed E-state index contributed by atoms with van der Waals surface area (Å²) < 4.78 is 15.7. The molecule has 3 aromatic rings. The molecule has 1 amide bonds. The molecule has 0 spiro atoms. The Labute approximate surface area is 143 Å². The molecule has 2 N–H and O–H groups in total. The topological polar surface area (TPSA) is 54.3 Å². The molecule has 0 saturated carbocycles. The van der Waals surface area contributed by atoms with Gasteiger partial charge in [-0.15, -0.1) is 0 Å². The fourth-order valence-electron chi connectivity index (χ4n) is 2.62. The number of aryl methyl sites for hydroxylation is 1. The van der Waals surface area contributed by atoms with Gasteiger partial charge in [-0.25, -0.2) is 4.39 Å². The second-order valence-electron chi connectivity index (χ2n) is 5.57. The van der Waals surface area contributed by atoms with Crippen LogP contribution in [0.25, 0.3) is 10.9 Å². The lowest BCUT2D eigenvalue weighted by molar-refractivity contribution is 0.0912. The van der Waals surface area contributed by atoms with Crippen LogP contribution in [-0.4, -0.2) is 22.1 Å². The van der Waals surface area contributed by atoms with E-state index in [1.165, 1.54) is 18.2 Å². The van der Waals surface area contributed by atoms with E-state index < -0.39 is 17.8 Å². The standard InChI is InChI=1S/C18H16ClFN2O2/c1-22-8-7-11-9-12(5-6-15(11)22)16(23)10-21-18(24)17-13(19)3-2-4-14(17)20/h2-9,16,23H,10H2,1H3,(H,21,24)/t16-/m1/s1. The summed E-state index contributed by atoms with van der Waals surface area (Å²) in [5.74, 6) is -1.35. The summed E-state index contributed by atoms with van der Waals surface area (Å²) in [6.07, 6.45) is 1.03. The van der Waals surface area contributed by atoms with Gasteiger partial charge in [0.05, 0.1) is 16.7 Å². The summed E-state index contributed by atoms with van der Waals surface area (Å²) in [5.41, 5.74) is 1.51. The fraction of sp³-hybridized carbons (Fsp3) is 0.167. The number of hydrogen-bond donors (Lipinski definition) is 2. The molecular formula is C18H16ClFN2O2. The van der Waals surface area contributed by atoms with Gasteiger partial charge in [-0.05, 0) is 41.3 Å². The highest BCUT2D eigenvalue weighted by molar-refractivity contribution is 6.33. The maximum Gasteiger partial charge on any atom is 0.255 e. The van der Waals surface area contributed by atoms with Gasteiger partial charge in [0.1, 0.15) is 5.82 Å². The molecular weight excluding hydrogens is 331 g/mol. The van der Waals surface area contributed by atoms with Crippen molar-refractivity contribution < 1.29 is 14.3 Å². The maximum absolute atomic E-state index is 13.7. The Morgan fingerprint density at radius 1 is 1.33 bits per heavy atom. The number of nitrogens with zero attached hydrogens (tertiary/aromatic N) is 1. The van der Waals surface area contributed by atoms with E-state index in [0.717, 1.165) is 10.9 Å². The largest absolute Gasteiger partial charge is 0.387 e. The highest BCUT2D eigenvalue weighted by Crippen LogP contribution is 2.22. The number of aliphatic hydroxyl groups excluding tert-OH is 1. The van der Waals surface area contributed by atoms with E-state index >= 15 is 0 Å². The lowest BCUT2D eigenvalue weighted by atomic mass is 10.1. The average Bonchev–Trinajstić information content (AvgIpc) is 2.93. The van der Waals surface area contributed by atoms with Gasteiger partial charge in [0, 0.05) is 25.3 Å². The van der Waals surface area contributed by atoms with Crippen LogP contribution in [0.1, 0.15) is 22.0 Å². The van der Waals surface area contributed by atoms with Crippen molar-refractivity contribution in [1.82, 2.24) is 9.88 Å². The first kappa shape index (κ1) is 16.5. The average molecular weight is 347 g/mol. The van der Waals surface area contributed by atoms with Crippen LogP contribution in [0.2, 0.25) is 5.02 Å². The number of halogens is 2. The monoisotopic (exact) mass is 346 g/mol. The second kappa shape index (κ2) is 6.63. The summed E-state index contributed by atoms with van der Waals surface area (Å²) >= 11 is 5.86. The summed E-state index contributed by atoms with van der Waals surface area (Å²) in [4.78, 5) is 12.1.